The van der Waals surface area contributed by atoms with Gasteiger partial charge in [0.05, 0.1) is 0 Å². The second-order valence-electron chi connectivity index (χ2n) is 5.29. The molecule has 6 heteroatoms. The molecule has 2 rings (SSSR count). The van der Waals surface area contributed by atoms with Gasteiger partial charge in [-0.2, -0.15) is 12.6 Å². The number of carbonyl (C=O) groups is 2. The molecule has 0 saturated heterocycles. The average molecular weight is 344 g/mol. The zero-order chi connectivity index (χ0) is 17.4. The van der Waals surface area contributed by atoms with Gasteiger partial charge in [0.25, 0.3) is 0 Å². The van der Waals surface area contributed by atoms with Gasteiger partial charge in [0.15, 0.2) is 0 Å². The van der Waals surface area contributed by atoms with Crippen LogP contribution < -0.4 is 10.6 Å². The third-order valence-electron chi connectivity index (χ3n) is 3.31. The van der Waals surface area contributed by atoms with Gasteiger partial charge >= 0.3 is 12.0 Å². The molecule has 126 valence electrons. The summed E-state index contributed by atoms with van der Waals surface area (Å²) in [5, 5.41) is 5.24. The van der Waals surface area contributed by atoms with Crippen LogP contribution in [-0.2, 0) is 16.1 Å². The molecule has 0 unspecified atom stereocenters. The molecule has 2 aromatic carbocycles. The monoisotopic (exact) mass is 344 g/mol. The Balaban J connectivity index is 1.84. The van der Waals surface area contributed by atoms with Crippen molar-refractivity contribution in [2.24, 2.45) is 0 Å². The van der Waals surface area contributed by atoms with Gasteiger partial charge in [0, 0.05) is 11.4 Å². The number of rotatable bonds is 6. The van der Waals surface area contributed by atoms with E-state index in [1.165, 1.54) is 0 Å². The Morgan fingerprint density at radius 2 is 1.75 bits per heavy atom. The lowest BCUT2D eigenvalue weighted by Gasteiger charge is -2.16. The number of benzene rings is 2. The van der Waals surface area contributed by atoms with E-state index in [9.17, 15) is 9.59 Å². The number of hydrogen-bond acceptors (Lipinski definition) is 4. The molecule has 0 bridgehead atoms. The number of carbonyl (C=O) groups excluding carboxylic acids is 2. The number of thiol groups is 1. The number of anilines is 1. The number of hydrogen-bond donors (Lipinski definition) is 3. The third-order valence-corrected chi connectivity index (χ3v) is 3.67. The quantitative estimate of drug-likeness (QED) is 0.557. The molecule has 0 spiro atoms. The molecule has 0 radical (unpaired) electrons. The number of ether oxygens (including phenoxy) is 1. The van der Waals surface area contributed by atoms with Crippen molar-refractivity contribution in [1.29, 1.82) is 0 Å². The molecule has 0 aliphatic carbocycles. The SMILES string of the molecule is Cc1ccc(NC(=O)N[C@@H](CS)C(=O)OCc2ccccc2)cc1. The first-order valence-electron chi connectivity index (χ1n) is 7.54. The van der Waals surface area contributed by atoms with Gasteiger partial charge in [0.2, 0.25) is 0 Å². The molecular weight excluding hydrogens is 324 g/mol. The second kappa shape index (κ2) is 8.98. The van der Waals surface area contributed by atoms with E-state index in [0.29, 0.717) is 5.69 Å². The number of amides is 2. The van der Waals surface area contributed by atoms with E-state index >= 15 is 0 Å². The summed E-state index contributed by atoms with van der Waals surface area (Å²) in [6.07, 6.45) is 0. The van der Waals surface area contributed by atoms with Crippen LogP contribution in [0, 0.1) is 6.92 Å². The number of urea groups is 1. The van der Waals surface area contributed by atoms with Crippen LogP contribution in [0.25, 0.3) is 0 Å². The van der Waals surface area contributed by atoms with Crippen LogP contribution in [0.2, 0.25) is 0 Å². The number of nitrogens with one attached hydrogen (secondary N) is 2. The lowest BCUT2D eigenvalue weighted by molar-refractivity contribution is -0.146. The minimum atomic E-state index is -0.817. The van der Waals surface area contributed by atoms with Gasteiger partial charge in [-0.05, 0) is 24.6 Å². The molecule has 1 atom stereocenters. The smallest absolute Gasteiger partial charge is 0.329 e. The molecule has 0 aliphatic rings. The van der Waals surface area contributed by atoms with E-state index < -0.39 is 18.0 Å². The Morgan fingerprint density at radius 3 is 2.38 bits per heavy atom. The molecule has 24 heavy (non-hydrogen) atoms. The van der Waals surface area contributed by atoms with Gasteiger partial charge in [-0.3, -0.25) is 0 Å². The predicted octanol–water partition coefficient (Wildman–Crippen LogP) is 3.16. The summed E-state index contributed by atoms with van der Waals surface area (Å²) in [5.74, 6) is -0.373. The summed E-state index contributed by atoms with van der Waals surface area (Å²) < 4.78 is 5.22. The Labute approximate surface area is 146 Å². The molecule has 0 aliphatic heterocycles. The third kappa shape index (κ3) is 5.62. The molecule has 2 aromatic rings. The fourth-order valence-electron chi connectivity index (χ4n) is 1.97. The highest BCUT2D eigenvalue weighted by Crippen LogP contribution is 2.08. The van der Waals surface area contributed by atoms with Crippen LogP contribution in [0.5, 0.6) is 0 Å². The lowest BCUT2D eigenvalue weighted by Crippen LogP contribution is -2.45. The maximum absolute atomic E-state index is 12.1. The first-order valence-corrected chi connectivity index (χ1v) is 8.17. The van der Waals surface area contributed by atoms with Crippen molar-refractivity contribution in [1.82, 2.24) is 5.32 Å². The summed E-state index contributed by atoms with van der Waals surface area (Å²) in [6, 6.07) is 15.4. The van der Waals surface area contributed by atoms with E-state index in [-0.39, 0.29) is 12.4 Å². The van der Waals surface area contributed by atoms with Crippen molar-refractivity contribution in [3.8, 4) is 0 Å². The van der Waals surface area contributed by atoms with E-state index in [2.05, 4.69) is 23.3 Å². The number of aryl methyl sites for hydroxylation is 1. The zero-order valence-electron chi connectivity index (χ0n) is 13.4. The van der Waals surface area contributed by atoms with Crippen molar-refractivity contribution in [3.63, 3.8) is 0 Å². The molecule has 2 N–H and O–H groups in total. The molecule has 0 fully saturated rings. The second-order valence-corrected chi connectivity index (χ2v) is 5.66. The van der Waals surface area contributed by atoms with E-state index in [4.69, 9.17) is 4.74 Å². The van der Waals surface area contributed by atoms with Crippen molar-refractivity contribution >= 4 is 30.3 Å². The van der Waals surface area contributed by atoms with E-state index in [0.717, 1.165) is 11.1 Å². The van der Waals surface area contributed by atoms with Gasteiger partial charge < -0.3 is 15.4 Å². The molecule has 0 aromatic heterocycles. The van der Waals surface area contributed by atoms with Crippen LogP contribution in [-0.4, -0.2) is 23.8 Å². The molecular formula is C18H20N2O3S. The average Bonchev–Trinajstić information content (AvgIpc) is 2.60. The normalized spacial score (nSPS) is 11.4. The van der Waals surface area contributed by atoms with Gasteiger partial charge in [-0.1, -0.05) is 48.0 Å². The first kappa shape index (κ1) is 17.9. The summed E-state index contributed by atoms with van der Waals surface area (Å²) in [6.45, 7) is 2.12. The lowest BCUT2D eigenvalue weighted by atomic mass is 10.2. The van der Waals surface area contributed by atoms with Crippen LogP contribution >= 0.6 is 12.6 Å². The fourth-order valence-corrected chi connectivity index (χ4v) is 2.21. The predicted molar refractivity (Wildman–Crippen MR) is 97.2 cm³/mol. The van der Waals surface area contributed by atoms with E-state index in [1.807, 2.05) is 49.4 Å². The van der Waals surface area contributed by atoms with Crippen molar-refractivity contribution in [2.45, 2.75) is 19.6 Å². The van der Waals surface area contributed by atoms with Crippen molar-refractivity contribution < 1.29 is 14.3 Å². The van der Waals surface area contributed by atoms with E-state index in [1.54, 1.807) is 12.1 Å². The van der Waals surface area contributed by atoms with Crippen LogP contribution in [0.15, 0.2) is 54.6 Å². The van der Waals surface area contributed by atoms with Crippen LogP contribution in [0.4, 0.5) is 10.5 Å². The van der Waals surface area contributed by atoms with Crippen LogP contribution in [0.3, 0.4) is 0 Å². The van der Waals surface area contributed by atoms with Gasteiger partial charge in [-0.25, -0.2) is 9.59 Å². The Hall–Kier alpha value is -2.47. The highest BCUT2D eigenvalue weighted by molar-refractivity contribution is 7.80. The molecule has 2 amide bonds. The maximum atomic E-state index is 12.1. The summed E-state index contributed by atoms with van der Waals surface area (Å²) >= 11 is 4.11. The van der Waals surface area contributed by atoms with Crippen molar-refractivity contribution in [2.75, 3.05) is 11.1 Å². The van der Waals surface area contributed by atoms with Gasteiger partial charge in [-0.15, -0.1) is 0 Å². The minimum absolute atomic E-state index is 0.148. The number of esters is 1. The first-order chi connectivity index (χ1) is 11.6. The topological polar surface area (TPSA) is 67.4 Å². The Morgan fingerprint density at radius 1 is 1.08 bits per heavy atom. The Kier molecular flexibility index (Phi) is 6.69. The largest absolute Gasteiger partial charge is 0.459 e. The minimum Gasteiger partial charge on any atom is -0.459 e. The molecule has 0 saturated carbocycles. The summed E-state index contributed by atoms with van der Waals surface area (Å²) in [7, 11) is 0. The molecule has 5 nitrogen and oxygen atoms in total. The summed E-state index contributed by atoms with van der Waals surface area (Å²) in [4.78, 5) is 24.0. The molecule has 0 heterocycles. The van der Waals surface area contributed by atoms with Crippen LogP contribution in [0.1, 0.15) is 11.1 Å². The highest BCUT2D eigenvalue weighted by Gasteiger charge is 2.20. The summed E-state index contributed by atoms with van der Waals surface area (Å²) in [5.41, 5.74) is 2.63. The van der Waals surface area contributed by atoms with Gasteiger partial charge in [0.1, 0.15) is 12.6 Å². The standard InChI is InChI=1S/C18H20N2O3S/c1-13-7-9-15(10-8-13)19-18(22)20-16(12-24)17(21)23-11-14-5-3-2-4-6-14/h2-10,16,24H,11-12H2,1H3,(H2,19,20,22)/t16-/m0/s1. The van der Waals surface area contributed by atoms with Crippen molar-refractivity contribution in [3.05, 3.63) is 65.7 Å². The zero-order valence-corrected chi connectivity index (χ0v) is 14.3. The maximum Gasteiger partial charge on any atom is 0.329 e. The fraction of sp³-hybridized carbons (Fsp3) is 0.222. The highest BCUT2D eigenvalue weighted by atomic mass is 32.1. The Bertz CT molecular complexity index is 674.